The van der Waals surface area contributed by atoms with Crippen molar-refractivity contribution in [1.29, 1.82) is 0 Å². The maximum atomic E-state index is 11.8. The fourth-order valence-electron chi connectivity index (χ4n) is 2.93. The first-order chi connectivity index (χ1) is 13.1. The fourth-order valence-corrected chi connectivity index (χ4v) is 3.06. The van der Waals surface area contributed by atoms with E-state index in [4.69, 9.17) is 11.6 Å². The summed E-state index contributed by atoms with van der Waals surface area (Å²) >= 11 is 5.82. The Labute approximate surface area is 166 Å². The maximum absolute atomic E-state index is 11.8. The normalized spacial score (nSPS) is 15.3. The first-order valence-electron chi connectivity index (χ1n) is 9.54. The molecule has 0 saturated carbocycles. The quantitative estimate of drug-likeness (QED) is 0.550. The highest BCUT2D eigenvalue weighted by Gasteiger charge is 2.14. The Hall–Kier alpha value is -1.83. The van der Waals surface area contributed by atoms with Crippen LogP contribution < -0.4 is 16.0 Å². The molecule has 27 heavy (non-hydrogen) atoms. The predicted molar refractivity (Wildman–Crippen MR) is 108 cm³/mol. The molecule has 0 atom stereocenters. The van der Waals surface area contributed by atoms with Crippen LogP contribution >= 0.6 is 11.6 Å². The minimum atomic E-state index is -0.367. The van der Waals surface area contributed by atoms with Crippen LogP contribution in [0, 0.1) is 0 Å². The lowest BCUT2D eigenvalue weighted by Gasteiger charge is -2.33. The number of piperazine rings is 1. The molecule has 1 aliphatic heterocycles. The summed E-state index contributed by atoms with van der Waals surface area (Å²) in [5.74, 6) is -0.174. The van der Waals surface area contributed by atoms with Crippen molar-refractivity contribution in [2.24, 2.45) is 0 Å². The van der Waals surface area contributed by atoms with Crippen LogP contribution in [0.25, 0.3) is 0 Å². The van der Waals surface area contributed by atoms with Gasteiger partial charge in [0.15, 0.2) is 0 Å². The smallest absolute Gasteiger partial charge is 0.315 e. The Morgan fingerprint density at radius 3 is 2.33 bits per heavy atom. The second kappa shape index (κ2) is 11.8. The molecule has 8 heteroatoms. The van der Waals surface area contributed by atoms with Crippen molar-refractivity contribution in [3.05, 3.63) is 34.9 Å². The third-order valence-electron chi connectivity index (χ3n) is 4.66. The van der Waals surface area contributed by atoms with E-state index < -0.39 is 0 Å². The van der Waals surface area contributed by atoms with Crippen molar-refractivity contribution in [3.63, 3.8) is 0 Å². The van der Waals surface area contributed by atoms with E-state index in [2.05, 4.69) is 32.7 Å². The molecule has 1 aliphatic rings. The summed E-state index contributed by atoms with van der Waals surface area (Å²) in [5, 5.41) is 8.77. The zero-order valence-electron chi connectivity index (χ0n) is 16.0. The molecule has 150 valence electrons. The number of urea groups is 1. The number of halogens is 1. The number of likely N-dealkylation sites (N-methyl/N-ethyl adjacent to an activating group) is 1. The standard InChI is InChI=1S/C19H30ClN5O2/c1-2-24-10-12-25(13-11-24)9-3-8-21-18(26)15-23-19(27)22-14-16-4-6-17(20)7-5-16/h4-7H,2-3,8-15H2,1H3,(H,21,26)(H2,22,23,27). The van der Waals surface area contributed by atoms with Crippen molar-refractivity contribution < 1.29 is 9.59 Å². The molecule has 1 aromatic rings. The van der Waals surface area contributed by atoms with E-state index in [0.29, 0.717) is 18.1 Å². The number of nitrogens with one attached hydrogen (secondary N) is 3. The summed E-state index contributed by atoms with van der Waals surface area (Å²) in [6.07, 6.45) is 0.917. The summed E-state index contributed by atoms with van der Waals surface area (Å²) in [6, 6.07) is 6.87. The van der Waals surface area contributed by atoms with Crippen LogP contribution in [0.15, 0.2) is 24.3 Å². The van der Waals surface area contributed by atoms with Gasteiger partial charge < -0.3 is 25.8 Å². The SMILES string of the molecule is CCN1CCN(CCCNC(=O)CNC(=O)NCc2ccc(Cl)cc2)CC1. The zero-order valence-corrected chi connectivity index (χ0v) is 16.7. The van der Waals surface area contributed by atoms with Gasteiger partial charge in [-0.25, -0.2) is 4.79 Å². The van der Waals surface area contributed by atoms with E-state index >= 15 is 0 Å². The van der Waals surface area contributed by atoms with E-state index in [-0.39, 0.29) is 18.5 Å². The third kappa shape index (κ3) is 8.60. The van der Waals surface area contributed by atoms with E-state index in [0.717, 1.165) is 51.3 Å². The lowest BCUT2D eigenvalue weighted by molar-refractivity contribution is -0.120. The van der Waals surface area contributed by atoms with Gasteiger partial charge in [-0.3, -0.25) is 4.79 Å². The number of carbonyl (C=O) groups is 2. The molecule has 3 amide bonds. The van der Waals surface area contributed by atoms with Crippen molar-refractivity contribution >= 4 is 23.5 Å². The first-order valence-corrected chi connectivity index (χ1v) is 9.92. The van der Waals surface area contributed by atoms with Crippen LogP contribution in [0.2, 0.25) is 5.02 Å². The first kappa shape index (κ1) is 21.5. The van der Waals surface area contributed by atoms with Gasteiger partial charge in [-0.05, 0) is 37.2 Å². The Bertz CT molecular complexity index is 588. The molecule has 0 aliphatic carbocycles. The van der Waals surface area contributed by atoms with Gasteiger partial charge in [0, 0.05) is 44.3 Å². The number of benzene rings is 1. The average Bonchev–Trinajstić information content (AvgIpc) is 2.69. The number of hydrogen-bond donors (Lipinski definition) is 3. The molecule has 0 bridgehead atoms. The van der Waals surface area contributed by atoms with Gasteiger partial charge in [-0.1, -0.05) is 30.7 Å². The maximum Gasteiger partial charge on any atom is 0.315 e. The van der Waals surface area contributed by atoms with Crippen LogP contribution in [-0.2, 0) is 11.3 Å². The van der Waals surface area contributed by atoms with Gasteiger partial charge in [0.1, 0.15) is 0 Å². The molecule has 2 rings (SSSR count). The average molecular weight is 396 g/mol. The van der Waals surface area contributed by atoms with Gasteiger partial charge >= 0.3 is 6.03 Å². The summed E-state index contributed by atoms with van der Waals surface area (Å²) in [6.45, 7) is 9.72. The molecule has 1 saturated heterocycles. The predicted octanol–water partition coefficient (Wildman–Crippen LogP) is 1.28. The van der Waals surface area contributed by atoms with Crippen LogP contribution in [0.1, 0.15) is 18.9 Å². The molecule has 7 nitrogen and oxygen atoms in total. The second-order valence-corrected chi connectivity index (χ2v) is 7.08. The van der Waals surface area contributed by atoms with Crippen LogP contribution in [0.4, 0.5) is 4.79 Å². The molecular weight excluding hydrogens is 366 g/mol. The van der Waals surface area contributed by atoms with E-state index in [1.165, 1.54) is 0 Å². The highest BCUT2D eigenvalue weighted by Crippen LogP contribution is 2.09. The number of nitrogens with zero attached hydrogens (tertiary/aromatic N) is 2. The monoisotopic (exact) mass is 395 g/mol. The van der Waals surface area contributed by atoms with Crippen LogP contribution in [0.5, 0.6) is 0 Å². The minimum Gasteiger partial charge on any atom is -0.355 e. The summed E-state index contributed by atoms with van der Waals surface area (Å²) < 4.78 is 0. The lowest BCUT2D eigenvalue weighted by Crippen LogP contribution is -2.47. The van der Waals surface area contributed by atoms with E-state index in [1.54, 1.807) is 12.1 Å². The minimum absolute atomic E-state index is 0.0262. The molecule has 3 N–H and O–H groups in total. The number of rotatable bonds is 9. The molecular formula is C19H30ClN5O2. The number of hydrogen-bond acceptors (Lipinski definition) is 4. The highest BCUT2D eigenvalue weighted by molar-refractivity contribution is 6.30. The lowest BCUT2D eigenvalue weighted by atomic mass is 10.2. The molecule has 1 heterocycles. The topological polar surface area (TPSA) is 76.7 Å². The largest absolute Gasteiger partial charge is 0.355 e. The Morgan fingerprint density at radius 2 is 1.67 bits per heavy atom. The molecule has 0 aromatic heterocycles. The molecule has 1 fully saturated rings. The molecule has 1 aromatic carbocycles. The molecule has 0 spiro atoms. The fraction of sp³-hybridized carbons (Fsp3) is 0.579. The molecule has 0 unspecified atom stereocenters. The van der Waals surface area contributed by atoms with Crippen molar-refractivity contribution in [3.8, 4) is 0 Å². The van der Waals surface area contributed by atoms with Gasteiger partial charge in [-0.15, -0.1) is 0 Å². The Kier molecular flexibility index (Phi) is 9.38. The van der Waals surface area contributed by atoms with Crippen molar-refractivity contribution in [2.45, 2.75) is 19.9 Å². The summed E-state index contributed by atoms with van der Waals surface area (Å²) in [5.41, 5.74) is 0.943. The number of carbonyl (C=O) groups excluding carboxylic acids is 2. The molecule has 0 radical (unpaired) electrons. The van der Waals surface area contributed by atoms with Gasteiger partial charge in [-0.2, -0.15) is 0 Å². The Balaban J connectivity index is 1.49. The Morgan fingerprint density at radius 1 is 1.00 bits per heavy atom. The van der Waals surface area contributed by atoms with Gasteiger partial charge in [0.2, 0.25) is 5.91 Å². The highest BCUT2D eigenvalue weighted by atomic mass is 35.5. The van der Waals surface area contributed by atoms with Crippen molar-refractivity contribution in [1.82, 2.24) is 25.8 Å². The summed E-state index contributed by atoms with van der Waals surface area (Å²) in [4.78, 5) is 28.4. The third-order valence-corrected chi connectivity index (χ3v) is 4.91. The zero-order chi connectivity index (χ0) is 19.5. The van der Waals surface area contributed by atoms with E-state index in [1.807, 2.05) is 12.1 Å². The van der Waals surface area contributed by atoms with Gasteiger partial charge in [0.05, 0.1) is 6.54 Å². The van der Waals surface area contributed by atoms with Crippen molar-refractivity contribution in [2.75, 3.05) is 52.4 Å². The summed E-state index contributed by atoms with van der Waals surface area (Å²) in [7, 11) is 0. The van der Waals surface area contributed by atoms with Crippen LogP contribution in [-0.4, -0.2) is 74.1 Å². The van der Waals surface area contributed by atoms with Gasteiger partial charge in [0.25, 0.3) is 0 Å². The van der Waals surface area contributed by atoms with Crippen LogP contribution in [0.3, 0.4) is 0 Å². The second-order valence-electron chi connectivity index (χ2n) is 6.64. The van der Waals surface area contributed by atoms with E-state index in [9.17, 15) is 9.59 Å². The number of amides is 3.